The Morgan fingerprint density at radius 1 is 1.32 bits per heavy atom. The molecule has 2 N–H and O–H groups in total. The molecule has 1 aromatic heterocycles. The highest BCUT2D eigenvalue weighted by Crippen LogP contribution is 2.25. The fourth-order valence-electron chi connectivity index (χ4n) is 1.64. The van der Waals surface area contributed by atoms with Crippen molar-refractivity contribution in [2.45, 2.75) is 26.8 Å². The standard InChI is InChI=1S/C14H19N3OS/c1-9(2)8-15-13(18)10(3)16-14-17-11-6-4-5-7-12(11)19-14/h4-7,9-10H,8H2,1-3H3,(H,15,18)(H,16,17). The molecule has 102 valence electrons. The van der Waals surface area contributed by atoms with E-state index in [1.807, 2.05) is 31.2 Å². The predicted octanol–water partition coefficient (Wildman–Crippen LogP) is 2.87. The number of benzene rings is 1. The molecule has 0 saturated carbocycles. The number of carbonyl (C=O) groups excluding carboxylic acids is 1. The van der Waals surface area contributed by atoms with E-state index in [1.54, 1.807) is 11.3 Å². The lowest BCUT2D eigenvalue weighted by Gasteiger charge is -2.14. The van der Waals surface area contributed by atoms with Crippen LogP contribution < -0.4 is 10.6 Å². The molecule has 0 saturated heterocycles. The normalized spacial score (nSPS) is 12.6. The average molecular weight is 277 g/mol. The third-order valence-electron chi connectivity index (χ3n) is 2.71. The largest absolute Gasteiger partial charge is 0.354 e. The van der Waals surface area contributed by atoms with Crippen molar-refractivity contribution < 1.29 is 4.79 Å². The number of hydrogen-bond donors (Lipinski definition) is 2. The molecule has 0 bridgehead atoms. The van der Waals surface area contributed by atoms with Gasteiger partial charge in [-0.3, -0.25) is 4.79 Å². The van der Waals surface area contributed by atoms with Crippen LogP contribution in [0.1, 0.15) is 20.8 Å². The smallest absolute Gasteiger partial charge is 0.242 e. The van der Waals surface area contributed by atoms with E-state index in [-0.39, 0.29) is 11.9 Å². The summed E-state index contributed by atoms with van der Waals surface area (Å²) in [6.07, 6.45) is 0. The molecule has 0 spiro atoms. The van der Waals surface area contributed by atoms with Crippen LogP contribution in [0.3, 0.4) is 0 Å². The molecule has 2 rings (SSSR count). The quantitative estimate of drug-likeness (QED) is 0.883. The topological polar surface area (TPSA) is 54.0 Å². The van der Waals surface area contributed by atoms with Gasteiger partial charge in [0, 0.05) is 6.54 Å². The maximum atomic E-state index is 11.9. The van der Waals surface area contributed by atoms with Crippen molar-refractivity contribution in [1.82, 2.24) is 10.3 Å². The number of fused-ring (bicyclic) bond motifs is 1. The molecule has 4 nitrogen and oxygen atoms in total. The zero-order chi connectivity index (χ0) is 13.8. The van der Waals surface area contributed by atoms with Gasteiger partial charge in [0.15, 0.2) is 5.13 Å². The van der Waals surface area contributed by atoms with E-state index >= 15 is 0 Å². The fraction of sp³-hybridized carbons (Fsp3) is 0.429. The predicted molar refractivity (Wildman–Crippen MR) is 80.6 cm³/mol. The minimum atomic E-state index is -0.278. The van der Waals surface area contributed by atoms with E-state index in [9.17, 15) is 4.79 Å². The lowest BCUT2D eigenvalue weighted by Crippen LogP contribution is -2.39. The molecule has 5 heteroatoms. The maximum absolute atomic E-state index is 11.9. The monoisotopic (exact) mass is 277 g/mol. The molecular formula is C14H19N3OS. The number of carbonyl (C=O) groups is 1. The average Bonchev–Trinajstić information content (AvgIpc) is 2.77. The zero-order valence-corrected chi connectivity index (χ0v) is 12.3. The van der Waals surface area contributed by atoms with Crippen molar-refractivity contribution in [2.24, 2.45) is 5.92 Å². The second-order valence-electron chi connectivity index (χ2n) is 4.99. The molecule has 1 unspecified atom stereocenters. The summed E-state index contributed by atoms with van der Waals surface area (Å²) >= 11 is 1.57. The Morgan fingerprint density at radius 2 is 2.05 bits per heavy atom. The van der Waals surface area contributed by atoms with Gasteiger partial charge in [0.2, 0.25) is 5.91 Å². The highest BCUT2D eigenvalue weighted by Gasteiger charge is 2.14. The van der Waals surface area contributed by atoms with E-state index in [0.29, 0.717) is 12.5 Å². The van der Waals surface area contributed by atoms with E-state index in [4.69, 9.17) is 0 Å². The summed E-state index contributed by atoms with van der Waals surface area (Å²) < 4.78 is 1.12. The molecule has 0 aliphatic rings. The van der Waals surface area contributed by atoms with E-state index in [2.05, 4.69) is 29.5 Å². The summed E-state index contributed by atoms with van der Waals surface area (Å²) in [6, 6.07) is 7.68. The molecule has 0 fully saturated rings. The Hall–Kier alpha value is -1.62. The molecule has 1 heterocycles. The summed E-state index contributed by atoms with van der Waals surface area (Å²) in [4.78, 5) is 16.3. The van der Waals surface area contributed by atoms with Gasteiger partial charge < -0.3 is 10.6 Å². The molecular weight excluding hydrogens is 258 g/mol. The van der Waals surface area contributed by atoms with Gasteiger partial charge in [0.25, 0.3) is 0 Å². The summed E-state index contributed by atoms with van der Waals surface area (Å²) in [6.45, 7) is 6.70. The van der Waals surface area contributed by atoms with Gasteiger partial charge in [-0.15, -0.1) is 0 Å². The number of nitrogens with zero attached hydrogens (tertiary/aromatic N) is 1. The minimum Gasteiger partial charge on any atom is -0.354 e. The summed E-state index contributed by atoms with van der Waals surface area (Å²) in [7, 11) is 0. The Morgan fingerprint density at radius 3 is 2.74 bits per heavy atom. The third-order valence-corrected chi connectivity index (χ3v) is 3.68. The molecule has 2 aromatic rings. The number of rotatable bonds is 5. The van der Waals surface area contributed by atoms with Gasteiger partial charge in [-0.25, -0.2) is 4.98 Å². The van der Waals surface area contributed by atoms with Crippen LogP contribution in [0.25, 0.3) is 10.2 Å². The molecule has 1 aromatic carbocycles. The van der Waals surface area contributed by atoms with Gasteiger partial charge >= 0.3 is 0 Å². The Labute approximate surface area is 117 Å². The summed E-state index contributed by atoms with van der Waals surface area (Å²) in [5.74, 6) is 0.464. The van der Waals surface area contributed by atoms with E-state index in [0.717, 1.165) is 15.3 Å². The molecule has 0 aliphatic carbocycles. The second kappa shape index (κ2) is 6.02. The lowest BCUT2D eigenvalue weighted by atomic mass is 10.2. The Bertz CT molecular complexity index is 532. The first-order chi connectivity index (χ1) is 9.06. The first kappa shape index (κ1) is 13.8. The molecule has 19 heavy (non-hydrogen) atoms. The van der Waals surface area contributed by atoms with Crippen molar-refractivity contribution in [3.8, 4) is 0 Å². The van der Waals surface area contributed by atoms with Crippen LogP contribution in [0.2, 0.25) is 0 Å². The van der Waals surface area contributed by atoms with Gasteiger partial charge in [-0.05, 0) is 25.0 Å². The first-order valence-corrected chi connectivity index (χ1v) is 7.27. The van der Waals surface area contributed by atoms with Crippen LogP contribution in [0.5, 0.6) is 0 Å². The van der Waals surface area contributed by atoms with E-state index < -0.39 is 0 Å². The number of amides is 1. The van der Waals surface area contributed by atoms with Crippen molar-refractivity contribution in [3.63, 3.8) is 0 Å². The first-order valence-electron chi connectivity index (χ1n) is 6.46. The zero-order valence-electron chi connectivity index (χ0n) is 11.4. The number of aromatic nitrogens is 1. The SMILES string of the molecule is CC(C)CNC(=O)C(C)Nc1nc2ccccc2s1. The fourth-order valence-corrected chi connectivity index (χ4v) is 2.60. The van der Waals surface area contributed by atoms with Gasteiger partial charge in [-0.2, -0.15) is 0 Å². The van der Waals surface area contributed by atoms with Crippen LogP contribution in [0.15, 0.2) is 24.3 Å². The van der Waals surface area contributed by atoms with Crippen LogP contribution >= 0.6 is 11.3 Å². The number of anilines is 1. The highest BCUT2D eigenvalue weighted by atomic mass is 32.1. The van der Waals surface area contributed by atoms with Gasteiger partial charge in [-0.1, -0.05) is 37.3 Å². The Kier molecular flexibility index (Phi) is 4.37. The van der Waals surface area contributed by atoms with Crippen LogP contribution in [-0.4, -0.2) is 23.5 Å². The van der Waals surface area contributed by atoms with Crippen molar-refractivity contribution in [3.05, 3.63) is 24.3 Å². The van der Waals surface area contributed by atoms with Gasteiger partial charge in [0.1, 0.15) is 6.04 Å². The number of para-hydroxylation sites is 1. The van der Waals surface area contributed by atoms with Crippen LogP contribution in [0.4, 0.5) is 5.13 Å². The molecule has 0 aliphatic heterocycles. The van der Waals surface area contributed by atoms with Crippen LogP contribution in [-0.2, 0) is 4.79 Å². The summed E-state index contributed by atoms with van der Waals surface area (Å²) in [5, 5.41) is 6.85. The highest BCUT2D eigenvalue weighted by molar-refractivity contribution is 7.22. The van der Waals surface area contributed by atoms with Crippen molar-refractivity contribution in [1.29, 1.82) is 0 Å². The van der Waals surface area contributed by atoms with Crippen molar-refractivity contribution >= 4 is 32.6 Å². The maximum Gasteiger partial charge on any atom is 0.242 e. The van der Waals surface area contributed by atoms with Gasteiger partial charge in [0.05, 0.1) is 10.2 Å². The minimum absolute atomic E-state index is 0.00737. The van der Waals surface area contributed by atoms with E-state index in [1.165, 1.54) is 0 Å². The second-order valence-corrected chi connectivity index (χ2v) is 6.02. The summed E-state index contributed by atoms with van der Waals surface area (Å²) in [5.41, 5.74) is 0.963. The van der Waals surface area contributed by atoms with Crippen LogP contribution in [0, 0.1) is 5.92 Å². The lowest BCUT2D eigenvalue weighted by molar-refractivity contribution is -0.121. The molecule has 1 amide bonds. The Balaban J connectivity index is 1.98. The van der Waals surface area contributed by atoms with Crippen molar-refractivity contribution in [2.75, 3.05) is 11.9 Å². The molecule has 1 atom stereocenters. The molecule has 0 radical (unpaired) electrons. The number of thiazole rings is 1. The number of nitrogens with one attached hydrogen (secondary N) is 2. The third kappa shape index (κ3) is 3.67. The number of hydrogen-bond acceptors (Lipinski definition) is 4.